The molecule has 0 bridgehead atoms. The number of fused-ring (bicyclic) bond motifs is 1. The van der Waals surface area contributed by atoms with Crippen LogP contribution in [0.2, 0.25) is 0 Å². The molecular weight excluding hydrogens is 266 g/mol. The summed E-state index contributed by atoms with van der Waals surface area (Å²) in [6.07, 6.45) is 0.783. The van der Waals surface area contributed by atoms with Gasteiger partial charge in [-0.15, -0.1) is 0 Å². The number of hydrogen-bond acceptors (Lipinski definition) is 4. The lowest BCUT2D eigenvalue weighted by Crippen LogP contribution is -2.17. The Morgan fingerprint density at radius 1 is 1.19 bits per heavy atom. The molecule has 3 aromatic rings. The second kappa shape index (κ2) is 5.75. The molecule has 1 aromatic heterocycles. The molecule has 106 valence electrons. The van der Waals surface area contributed by atoms with Gasteiger partial charge < -0.3 is 9.84 Å². The van der Waals surface area contributed by atoms with E-state index in [4.69, 9.17) is 4.52 Å². The predicted octanol–water partition coefficient (Wildman–Crippen LogP) is 2.57. The van der Waals surface area contributed by atoms with Crippen molar-refractivity contribution in [3.8, 4) is 11.4 Å². The van der Waals surface area contributed by atoms with Crippen molar-refractivity contribution in [2.45, 2.75) is 12.8 Å². The Labute approximate surface area is 122 Å². The number of benzene rings is 2. The average Bonchev–Trinajstić information content (AvgIpc) is 3.00. The lowest BCUT2D eigenvalue weighted by molar-refractivity contribution is -0.120. The summed E-state index contributed by atoms with van der Waals surface area (Å²) in [5.74, 6) is 0.986. The predicted molar refractivity (Wildman–Crippen MR) is 79.6 cm³/mol. The maximum atomic E-state index is 11.2. The fourth-order valence-electron chi connectivity index (χ4n) is 2.23. The van der Waals surface area contributed by atoms with E-state index in [2.05, 4.69) is 15.5 Å². The van der Waals surface area contributed by atoms with Gasteiger partial charge in [-0.05, 0) is 10.8 Å². The van der Waals surface area contributed by atoms with Crippen molar-refractivity contribution in [1.82, 2.24) is 15.5 Å². The summed E-state index contributed by atoms with van der Waals surface area (Å²) >= 11 is 0. The van der Waals surface area contributed by atoms with Crippen molar-refractivity contribution in [1.29, 1.82) is 0 Å². The molecule has 0 saturated heterocycles. The van der Waals surface area contributed by atoms with Gasteiger partial charge in [-0.1, -0.05) is 47.6 Å². The van der Waals surface area contributed by atoms with Crippen LogP contribution in [0, 0.1) is 0 Å². The number of carbonyl (C=O) groups is 1. The molecule has 0 unspecified atom stereocenters. The summed E-state index contributed by atoms with van der Waals surface area (Å²) in [5, 5.41) is 8.80. The summed E-state index contributed by atoms with van der Waals surface area (Å²) < 4.78 is 5.22. The largest absolute Gasteiger partial charge is 0.359 e. The Morgan fingerprint density at radius 3 is 2.86 bits per heavy atom. The molecule has 0 aliphatic heterocycles. The van der Waals surface area contributed by atoms with Crippen LogP contribution < -0.4 is 5.32 Å². The quantitative estimate of drug-likeness (QED) is 0.798. The van der Waals surface area contributed by atoms with E-state index in [0.29, 0.717) is 24.6 Å². The third kappa shape index (κ3) is 2.76. The van der Waals surface area contributed by atoms with E-state index in [-0.39, 0.29) is 5.91 Å². The molecule has 0 saturated carbocycles. The fraction of sp³-hybridized carbons (Fsp3) is 0.188. The number of amides is 1. The van der Waals surface area contributed by atoms with Gasteiger partial charge >= 0.3 is 0 Å². The highest BCUT2D eigenvalue weighted by Crippen LogP contribution is 2.26. The van der Waals surface area contributed by atoms with E-state index >= 15 is 0 Å². The number of aryl methyl sites for hydroxylation is 1. The molecule has 1 amide bonds. The monoisotopic (exact) mass is 281 g/mol. The Kier molecular flexibility index (Phi) is 3.64. The van der Waals surface area contributed by atoms with Gasteiger partial charge in [-0.3, -0.25) is 4.79 Å². The van der Waals surface area contributed by atoms with Crippen LogP contribution >= 0.6 is 0 Å². The van der Waals surface area contributed by atoms with Crippen molar-refractivity contribution < 1.29 is 9.32 Å². The third-order valence-corrected chi connectivity index (χ3v) is 3.34. The van der Waals surface area contributed by atoms with Gasteiger partial charge in [0.15, 0.2) is 0 Å². The second-order valence-corrected chi connectivity index (χ2v) is 4.71. The van der Waals surface area contributed by atoms with Crippen LogP contribution in [0.15, 0.2) is 47.0 Å². The maximum absolute atomic E-state index is 11.2. The third-order valence-electron chi connectivity index (χ3n) is 3.34. The Hall–Kier alpha value is -2.69. The molecule has 0 aliphatic carbocycles. The highest BCUT2D eigenvalue weighted by atomic mass is 16.5. The zero-order valence-corrected chi connectivity index (χ0v) is 11.7. The Bertz CT molecular complexity index is 775. The second-order valence-electron chi connectivity index (χ2n) is 4.71. The minimum Gasteiger partial charge on any atom is -0.359 e. The fourth-order valence-corrected chi connectivity index (χ4v) is 2.23. The summed E-state index contributed by atoms with van der Waals surface area (Å²) in [5.41, 5.74) is 0.933. The van der Waals surface area contributed by atoms with Crippen LogP contribution in [-0.4, -0.2) is 23.1 Å². The minimum atomic E-state index is -0.0417. The molecule has 0 atom stereocenters. The van der Waals surface area contributed by atoms with Crippen molar-refractivity contribution in [3.63, 3.8) is 0 Å². The minimum absolute atomic E-state index is 0.0417. The number of carbonyl (C=O) groups excluding carboxylic acids is 1. The van der Waals surface area contributed by atoms with E-state index in [9.17, 15) is 4.79 Å². The van der Waals surface area contributed by atoms with Gasteiger partial charge in [-0.25, -0.2) is 0 Å². The summed E-state index contributed by atoms with van der Waals surface area (Å²) in [4.78, 5) is 15.6. The lowest BCUT2D eigenvalue weighted by Gasteiger charge is -2.01. The Balaban J connectivity index is 1.90. The van der Waals surface area contributed by atoms with Crippen LogP contribution in [-0.2, 0) is 11.2 Å². The molecule has 0 spiro atoms. The normalized spacial score (nSPS) is 10.7. The first kappa shape index (κ1) is 13.3. The van der Waals surface area contributed by atoms with Crippen molar-refractivity contribution in [2.24, 2.45) is 0 Å². The van der Waals surface area contributed by atoms with E-state index in [0.717, 1.165) is 16.3 Å². The number of rotatable bonds is 4. The van der Waals surface area contributed by atoms with E-state index in [1.807, 2.05) is 42.5 Å². The van der Waals surface area contributed by atoms with Crippen LogP contribution in [0.3, 0.4) is 0 Å². The molecule has 2 aromatic carbocycles. The molecule has 0 aliphatic rings. The number of hydrogen-bond donors (Lipinski definition) is 1. The molecule has 5 heteroatoms. The van der Waals surface area contributed by atoms with Gasteiger partial charge in [0.2, 0.25) is 17.6 Å². The first-order valence-electron chi connectivity index (χ1n) is 6.79. The molecule has 1 N–H and O–H groups in total. The van der Waals surface area contributed by atoms with Crippen molar-refractivity contribution in [2.75, 3.05) is 7.05 Å². The highest BCUT2D eigenvalue weighted by molar-refractivity contribution is 5.94. The molecular formula is C16H15N3O2. The van der Waals surface area contributed by atoms with Crippen LogP contribution in [0.1, 0.15) is 12.3 Å². The standard InChI is InChI=1S/C16H15N3O2/c1-17-14(20)9-10-15-18-16(19-21-15)13-8-4-6-11-5-2-3-7-12(11)13/h2-8H,9-10H2,1H3,(H,17,20). The first-order valence-corrected chi connectivity index (χ1v) is 6.79. The van der Waals surface area contributed by atoms with E-state index in [1.54, 1.807) is 7.05 Å². The molecule has 0 fully saturated rings. The van der Waals surface area contributed by atoms with Gasteiger partial charge in [0.1, 0.15) is 0 Å². The first-order chi connectivity index (χ1) is 10.3. The summed E-state index contributed by atoms with van der Waals surface area (Å²) in [7, 11) is 1.61. The number of aromatic nitrogens is 2. The molecule has 5 nitrogen and oxygen atoms in total. The average molecular weight is 281 g/mol. The van der Waals surface area contributed by atoms with E-state index < -0.39 is 0 Å². The molecule has 1 heterocycles. The van der Waals surface area contributed by atoms with Crippen LogP contribution in [0.25, 0.3) is 22.2 Å². The van der Waals surface area contributed by atoms with Gasteiger partial charge in [0.05, 0.1) is 0 Å². The van der Waals surface area contributed by atoms with Crippen molar-refractivity contribution >= 4 is 16.7 Å². The zero-order valence-electron chi connectivity index (χ0n) is 11.7. The van der Waals surface area contributed by atoms with E-state index in [1.165, 1.54) is 0 Å². The lowest BCUT2D eigenvalue weighted by atomic mass is 10.0. The molecule has 3 rings (SSSR count). The van der Waals surface area contributed by atoms with Gasteiger partial charge in [-0.2, -0.15) is 4.98 Å². The van der Waals surface area contributed by atoms with Crippen LogP contribution in [0.4, 0.5) is 0 Å². The zero-order chi connectivity index (χ0) is 14.7. The van der Waals surface area contributed by atoms with Gasteiger partial charge in [0.25, 0.3) is 0 Å². The topological polar surface area (TPSA) is 68.0 Å². The number of nitrogens with one attached hydrogen (secondary N) is 1. The van der Waals surface area contributed by atoms with Crippen LogP contribution in [0.5, 0.6) is 0 Å². The SMILES string of the molecule is CNC(=O)CCc1nc(-c2cccc3ccccc23)no1. The number of nitrogens with zero attached hydrogens (tertiary/aromatic N) is 2. The van der Waals surface area contributed by atoms with Crippen molar-refractivity contribution in [3.05, 3.63) is 48.4 Å². The van der Waals surface area contributed by atoms with Gasteiger partial charge in [0, 0.05) is 25.5 Å². The highest BCUT2D eigenvalue weighted by Gasteiger charge is 2.12. The Morgan fingerprint density at radius 2 is 2.00 bits per heavy atom. The maximum Gasteiger partial charge on any atom is 0.227 e. The summed E-state index contributed by atoms with van der Waals surface area (Å²) in [6.45, 7) is 0. The summed E-state index contributed by atoms with van der Waals surface area (Å²) in [6, 6.07) is 14.0. The molecule has 0 radical (unpaired) electrons. The smallest absolute Gasteiger partial charge is 0.227 e. The molecule has 21 heavy (non-hydrogen) atoms.